The first-order chi connectivity index (χ1) is 5.58. The Morgan fingerprint density at radius 1 is 1.25 bits per heavy atom. The van der Waals surface area contributed by atoms with Crippen molar-refractivity contribution in [3.05, 3.63) is 0 Å². The highest BCUT2D eigenvalue weighted by atomic mass is 16.5. The van der Waals surface area contributed by atoms with E-state index < -0.39 is 5.60 Å². The summed E-state index contributed by atoms with van der Waals surface area (Å²) in [6.45, 7) is 4.23. The number of aldehydes is 1. The third-order valence-corrected chi connectivity index (χ3v) is 3.30. The SMILES string of the molecule is COC1(C=O)CCCCC1(C)C. The average Bonchev–Trinajstić information content (AvgIpc) is 2.05. The van der Waals surface area contributed by atoms with Gasteiger partial charge in [-0.15, -0.1) is 0 Å². The van der Waals surface area contributed by atoms with E-state index in [9.17, 15) is 4.79 Å². The lowest BCUT2D eigenvalue weighted by molar-refractivity contribution is -0.152. The van der Waals surface area contributed by atoms with Gasteiger partial charge in [-0.1, -0.05) is 26.7 Å². The molecule has 0 bridgehead atoms. The molecule has 2 heteroatoms. The molecule has 0 aromatic heterocycles. The third kappa shape index (κ3) is 1.28. The summed E-state index contributed by atoms with van der Waals surface area (Å²) in [6, 6.07) is 0. The van der Waals surface area contributed by atoms with Crippen LogP contribution in [0.4, 0.5) is 0 Å². The normalized spacial score (nSPS) is 34.6. The minimum Gasteiger partial charge on any atom is -0.370 e. The second kappa shape index (κ2) is 3.17. The van der Waals surface area contributed by atoms with Gasteiger partial charge in [-0.05, 0) is 12.8 Å². The molecule has 12 heavy (non-hydrogen) atoms. The molecule has 0 N–H and O–H groups in total. The Morgan fingerprint density at radius 2 is 1.83 bits per heavy atom. The van der Waals surface area contributed by atoms with Crippen LogP contribution in [0.15, 0.2) is 0 Å². The molecule has 1 rings (SSSR count). The first kappa shape index (κ1) is 9.72. The van der Waals surface area contributed by atoms with E-state index in [0.717, 1.165) is 25.5 Å². The monoisotopic (exact) mass is 170 g/mol. The maximum atomic E-state index is 11.0. The lowest BCUT2D eigenvalue weighted by Crippen LogP contribution is -2.50. The number of rotatable bonds is 2. The molecule has 0 heterocycles. The molecule has 0 spiro atoms. The first-order valence-corrected chi connectivity index (χ1v) is 4.59. The van der Waals surface area contributed by atoms with Crippen molar-refractivity contribution in [3.8, 4) is 0 Å². The summed E-state index contributed by atoms with van der Waals surface area (Å²) in [4.78, 5) is 11.0. The number of carbonyl (C=O) groups is 1. The van der Waals surface area contributed by atoms with Gasteiger partial charge in [0.15, 0.2) is 6.29 Å². The Bertz CT molecular complexity index is 175. The van der Waals surface area contributed by atoms with Crippen LogP contribution in [-0.2, 0) is 9.53 Å². The molecule has 1 saturated carbocycles. The summed E-state index contributed by atoms with van der Waals surface area (Å²) in [7, 11) is 1.64. The average molecular weight is 170 g/mol. The lowest BCUT2D eigenvalue weighted by atomic mass is 9.66. The zero-order chi connectivity index (χ0) is 9.24. The van der Waals surface area contributed by atoms with Gasteiger partial charge in [0.2, 0.25) is 0 Å². The Labute approximate surface area is 74.3 Å². The fraction of sp³-hybridized carbons (Fsp3) is 0.900. The van der Waals surface area contributed by atoms with E-state index in [0.29, 0.717) is 0 Å². The molecule has 1 atom stereocenters. The smallest absolute Gasteiger partial charge is 0.152 e. The van der Waals surface area contributed by atoms with E-state index in [1.54, 1.807) is 7.11 Å². The van der Waals surface area contributed by atoms with Crippen LogP contribution >= 0.6 is 0 Å². The molecular weight excluding hydrogens is 152 g/mol. The topological polar surface area (TPSA) is 26.3 Å². The number of carbonyl (C=O) groups excluding carboxylic acids is 1. The van der Waals surface area contributed by atoms with Gasteiger partial charge in [0.05, 0.1) is 0 Å². The summed E-state index contributed by atoms with van der Waals surface area (Å²) in [5.41, 5.74) is -0.521. The molecule has 70 valence electrons. The molecule has 1 aliphatic carbocycles. The first-order valence-electron chi connectivity index (χ1n) is 4.59. The number of hydrogen-bond donors (Lipinski definition) is 0. The van der Waals surface area contributed by atoms with Gasteiger partial charge in [0.25, 0.3) is 0 Å². The summed E-state index contributed by atoms with van der Waals surface area (Å²) in [5.74, 6) is 0. The van der Waals surface area contributed by atoms with E-state index in [1.165, 1.54) is 6.42 Å². The molecule has 0 aromatic carbocycles. The summed E-state index contributed by atoms with van der Waals surface area (Å²) < 4.78 is 5.38. The largest absolute Gasteiger partial charge is 0.370 e. The quantitative estimate of drug-likeness (QED) is 0.594. The molecule has 0 aromatic rings. The fourth-order valence-corrected chi connectivity index (χ4v) is 2.15. The Kier molecular flexibility index (Phi) is 2.57. The minimum absolute atomic E-state index is 0.00174. The van der Waals surface area contributed by atoms with Gasteiger partial charge in [0, 0.05) is 12.5 Å². The second-order valence-corrected chi connectivity index (χ2v) is 4.30. The van der Waals surface area contributed by atoms with Crippen LogP contribution in [0, 0.1) is 5.41 Å². The molecule has 0 saturated heterocycles. The Balaban J connectivity index is 2.88. The van der Waals surface area contributed by atoms with Crippen LogP contribution in [0.2, 0.25) is 0 Å². The van der Waals surface area contributed by atoms with Crippen LogP contribution in [0.1, 0.15) is 39.5 Å². The van der Waals surface area contributed by atoms with Crippen molar-refractivity contribution in [1.82, 2.24) is 0 Å². The van der Waals surface area contributed by atoms with E-state index in [4.69, 9.17) is 4.74 Å². The molecule has 1 fully saturated rings. The van der Waals surface area contributed by atoms with E-state index in [2.05, 4.69) is 13.8 Å². The standard InChI is InChI=1S/C10H18O2/c1-9(2)6-4-5-7-10(9,8-11)12-3/h8H,4-7H2,1-3H3. The van der Waals surface area contributed by atoms with Gasteiger partial charge < -0.3 is 9.53 Å². The van der Waals surface area contributed by atoms with Crippen molar-refractivity contribution in [2.75, 3.05) is 7.11 Å². The highest BCUT2D eigenvalue weighted by Gasteiger charge is 2.46. The zero-order valence-electron chi connectivity index (χ0n) is 8.22. The van der Waals surface area contributed by atoms with Crippen LogP contribution in [0.25, 0.3) is 0 Å². The van der Waals surface area contributed by atoms with Crippen LogP contribution in [0.3, 0.4) is 0 Å². The van der Waals surface area contributed by atoms with Crippen molar-refractivity contribution in [2.24, 2.45) is 5.41 Å². The maximum absolute atomic E-state index is 11.0. The maximum Gasteiger partial charge on any atom is 0.152 e. The summed E-state index contributed by atoms with van der Waals surface area (Å²) >= 11 is 0. The van der Waals surface area contributed by atoms with E-state index in [1.807, 2.05) is 0 Å². The van der Waals surface area contributed by atoms with Crippen molar-refractivity contribution in [3.63, 3.8) is 0 Å². The summed E-state index contributed by atoms with van der Waals surface area (Å²) in [5, 5.41) is 0. The number of methoxy groups -OCH3 is 1. The van der Waals surface area contributed by atoms with Crippen molar-refractivity contribution in [2.45, 2.75) is 45.1 Å². The molecule has 0 aliphatic heterocycles. The van der Waals surface area contributed by atoms with Crippen LogP contribution in [0.5, 0.6) is 0 Å². The molecule has 0 radical (unpaired) electrons. The molecule has 0 amide bonds. The van der Waals surface area contributed by atoms with Crippen molar-refractivity contribution < 1.29 is 9.53 Å². The summed E-state index contributed by atoms with van der Waals surface area (Å²) in [6.07, 6.45) is 5.27. The fourth-order valence-electron chi connectivity index (χ4n) is 2.15. The lowest BCUT2D eigenvalue weighted by Gasteiger charge is -2.45. The predicted octanol–water partition coefficient (Wildman–Crippen LogP) is 2.17. The molecular formula is C10H18O2. The van der Waals surface area contributed by atoms with E-state index >= 15 is 0 Å². The third-order valence-electron chi connectivity index (χ3n) is 3.30. The van der Waals surface area contributed by atoms with Gasteiger partial charge in [-0.25, -0.2) is 0 Å². The van der Waals surface area contributed by atoms with Crippen LogP contribution < -0.4 is 0 Å². The highest BCUT2D eigenvalue weighted by molar-refractivity contribution is 5.64. The van der Waals surface area contributed by atoms with Gasteiger partial charge in [-0.3, -0.25) is 0 Å². The van der Waals surface area contributed by atoms with Gasteiger partial charge in [-0.2, -0.15) is 0 Å². The van der Waals surface area contributed by atoms with Gasteiger partial charge >= 0.3 is 0 Å². The molecule has 2 nitrogen and oxygen atoms in total. The minimum atomic E-state index is -0.523. The van der Waals surface area contributed by atoms with Crippen molar-refractivity contribution >= 4 is 6.29 Å². The number of ether oxygens (including phenoxy) is 1. The second-order valence-electron chi connectivity index (χ2n) is 4.30. The van der Waals surface area contributed by atoms with Crippen LogP contribution in [-0.4, -0.2) is 19.0 Å². The predicted molar refractivity (Wildman–Crippen MR) is 48.1 cm³/mol. The highest BCUT2D eigenvalue weighted by Crippen LogP contribution is 2.44. The molecule has 1 aliphatic rings. The Morgan fingerprint density at radius 3 is 2.17 bits per heavy atom. The zero-order valence-corrected chi connectivity index (χ0v) is 8.22. The number of hydrogen-bond acceptors (Lipinski definition) is 2. The van der Waals surface area contributed by atoms with Gasteiger partial charge in [0.1, 0.15) is 5.60 Å². The van der Waals surface area contributed by atoms with E-state index in [-0.39, 0.29) is 5.41 Å². The molecule has 1 unspecified atom stereocenters. The van der Waals surface area contributed by atoms with Crippen molar-refractivity contribution in [1.29, 1.82) is 0 Å². The Hall–Kier alpha value is -0.370.